The Kier molecular flexibility index (Phi) is 8.71. The van der Waals surface area contributed by atoms with Crippen LogP contribution in [0, 0.1) is 0 Å². The van der Waals surface area contributed by atoms with Gasteiger partial charge in [-0.15, -0.1) is 11.8 Å². The maximum Gasteiger partial charge on any atom is 0.229 e. The largest absolute Gasteiger partial charge is 0.381 e. The van der Waals surface area contributed by atoms with Gasteiger partial charge in [0.15, 0.2) is 0 Å². The Morgan fingerprint density at radius 1 is 1.50 bits per heavy atom. The van der Waals surface area contributed by atoms with E-state index >= 15 is 0 Å². The summed E-state index contributed by atoms with van der Waals surface area (Å²) in [6.45, 7) is 3.65. The van der Waals surface area contributed by atoms with Gasteiger partial charge in [-0.05, 0) is 6.42 Å². The van der Waals surface area contributed by atoms with Gasteiger partial charge in [0.25, 0.3) is 0 Å². The summed E-state index contributed by atoms with van der Waals surface area (Å²) < 4.78 is 5.25. The van der Waals surface area contributed by atoms with Gasteiger partial charge in [0, 0.05) is 19.4 Å². The third-order valence-electron chi connectivity index (χ3n) is 1.23. The molecule has 0 aromatic heterocycles. The fourth-order valence-electron chi connectivity index (χ4n) is 0.601. The first-order chi connectivity index (χ1) is 5.81. The van der Waals surface area contributed by atoms with Gasteiger partial charge in [0.2, 0.25) is 5.91 Å². The van der Waals surface area contributed by atoms with Crippen LogP contribution in [0.3, 0.4) is 0 Å². The molecule has 4 heteroatoms. The molecule has 0 heterocycles. The average molecular weight is 191 g/mol. The predicted octanol–water partition coefficient (Wildman–Crippen LogP) is 0.892. The predicted molar refractivity (Wildman–Crippen MR) is 52.5 cm³/mol. The maximum atomic E-state index is 10.7. The van der Waals surface area contributed by atoms with E-state index in [1.807, 2.05) is 0 Å². The smallest absolute Gasteiger partial charge is 0.229 e. The van der Waals surface area contributed by atoms with E-state index in [2.05, 4.69) is 12.2 Å². The number of thioether (sulfide) groups is 1. The van der Waals surface area contributed by atoms with Gasteiger partial charge in [-0.1, -0.05) is 6.92 Å². The zero-order chi connectivity index (χ0) is 9.23. The van der Waals surface area contributed by atoms with E-state index in [0.29, 0.717) is 5.75 Å². The highest BCUT2D eigenvalue weighted by molar-refractivity contribution is 7.99. The molecule has 1 amide bonds. The lowest BCUT2D eigenvalue weighted by atomic mass is 10.5. The van der Waals surface area contributed by atoms with Crippen molar-refractivity contribution in [3.05, 3.63) is 0 Å². The van der Waals surface area contributed by atoms with Crippen LogP contribution in [0.4, 0.5) is 0 Å². The summed E-state index contributed by atoms with van der Waals surface area (Å²) in [6.07, 6.45) is 1.06. The van der Waals surface area contributed by atoms with Crippen LogP contribution in [0.1, 0.15) is 13.3 Å². The van der Waals surface area contributed by atoms with Crippen molar-refractivity contribution in [1.29, 1.82) is 0 Å². The Labute approximate surface area is 78.2 Å². The van der Waals surface area contributed by atoms with Gasteiger partial charge < -0.3 is 10.1 Å². The first-order valence-corrected chi connectivity index (χ1v) is 5.32. The van der Waals surface area contributed by atoms with Crippen LogP contribution >= 0.6 is 11.8 Å². The molecule has 0 bridgehead atoms. The number of carbonyl (C=O) groups excluding carboxylic acids is 1. The number of hydrogen-bond acceptors (Lipinski definition) is 3. The minimum absolute atomic E-state index is 0.0792. The minimum atomic E-state index is 0.0792. The molecule has 72 valence electrons. The Hall–Kier alpha value is -0.220. The Bertz CT molecular complexity index is 120. The summed E-state index contributed by atoms with van der Waals surface area (Å²) in [6, 6.07) is 0. The van der Waals surface area contributed by atoms with E-state index in [-0.39, 0.29) is 5.91 Å². The van der Waals surface area contributed by atoms with Gasteiger partial charge >= 0.3 is 0 Å². The molecule has 0 saturated heterocycles. The number of carbonyl (C=O) groups is 1. The number of amides is 1. The molecule has 12 heavy (non-hydrogen) atoms. The molecule has 0 aromatic carbocycles. The number of nitrogens with one attached hydrogen (secondary N) is 1. The fraction of sp³-hybridized carbons (Fsp3) is 0.875. The van der Waals surface area contributed by atoms with Crippen LogP contribution in [0.25, 0.3) is 0 Å². The number of rotatable bonds is 7. The monoisotopic (exact) mass is 191 g/mol. The van der Waals surface area contributed by atoms with E-state index in [0.717, 1.165) is 25.4 Å². The lowest BCUT2D eigenvalue weighted by molar-refractivity contribution is -0.118. The van der Waals surface area contributed by atoms with Gasteiger partial charge in [0.1, 0.15) is 0 Å². The van der Waals surface area contributed by atoms with Crippen LogP contribution in [-0.2, 0) is 9.53 Å². The van der Waals surface area contributed by atoms with Crippen molar-refractivity contribution in [2.24, 2.45) is 0 Å². The molecular weight excluding hydrogens is 174 g/mol. The molecule has 0 aromatic rings. The second kappa shape index (κ2) is 8.87. The minimum Gasteiger partial charge on any atom is -0.381 e. The lowest BCUT2D eigenvalue weighted by Crippen LogP contribution is -2.20. The molecule has 0 aliphatic rings. The first kappa shape index (κ1) is 11.8. The summed E-state index contributed by atoms with van der Waals surface area (Å²) in [7, 11) is 1.65. The third kappa shape index (κ3) is 7.88. The van der Waals surface area contributed by atoms with Crippen molar-refractivity contribution in [1.82, 2.24) is 5.32 Å². The van der Waals surface area contributed by atoms with Crippen molar-refractivity contribution in [2.75, 3.05) is 31.8 Å². The normalized spacial score (nSPS) is 9.83. The highest BCUT2D eigenvalue weighted by Gasteiger charge is 1.96. The summed E-state index contributed by atoms with van der Waals surface area (Å²) in [4.78, 5) is 10.7. The van der Waals surface area contributed by atoms with Crippen molar-refractivity contribution in [2.45, 2.75) is 13.3 Å². The third-order valence-corrected chi connectivity index (χ3v) is 2.15. The van der Waals surface area contributed by atoms with Crippen molar-refractivity contribution >= 4 is 17.7 Å². The van der Waals surface area contributed by atoms with E-state index < -0.39 is 0 Å². The molecule has 0 fully saturated rings. The second-order valence-corrected chi connectivity index (χ2v) is 3.44. The van der Waals surface area contributed by atoms with E-state index in [1.54, 1.807) is 18.8 Å². The molecule has 1 N–H and O–H groups in total. The van der Waals surface area contributed by atoms with E-state index in [4.69, 9.17) is 4.74 Å². The second-order valence-electron chi connectivity index (χ2n) is 2.34. The van der Waals surface area contributed by atoms with Gasteiger partial charge in [0.05, 0.1) is 12.4 Å². The van der Waals surface area contributed by atoms with Gasteiger partial charge in [-0.3, -0.25) is 4.79 Å². The zero-order valence-corrected chi connectivity index (χ0v) is 8.58. The van der Waals surface area contributed by atoms with Crippen molar-refractivity contribution in [3.8, 4) is 0 Å². The van der Waals surface area contributed by atoms with Crippen LogP contribution in [-0.4, -0.2) is 37.7 Å². The van der Waals surface area contributed by atoms with E-state index in [9.17, 15) is 4.79 Å². The molecule has 0 spiro atoms. The highest BCUT2D eigenvalue weighted by atomic mass is 32.2. The Morgan fingerprint density at radius 2 is 2.25 bits per heavy atom. The SMILES string of the molecule is CCCOCCSCC(=O)NC. The lowest BCUT2D eigenvalue weighted by Gasteiger charge is -2.01. The summed E-state index contributed by atoms with van der Waals surface area (Å²) in [5.74, 6) is 1.51. The summed E-state index contributed by atoms with van der Waals surface area (Å²) >= 11 is 1.60. The van der Waals surface area contributed by atoms with Crippen LogP contribution in [0.15, 0.2) is 0 Å². The van der Waals surface area contributed by atoms with Crippen LogP contribution in [0.5, 0.6) is 0 Å². The fourth-order valence-corrected chi connectivity index (χ4v) is 1.31. The summed E-state index contributed by atoms with van der Waals surface area (Å²) in [5.41, 5.74) is 0. The summed E-state index contributed by atoms with van der Waals surface area (Å²) in [5, 5.41) is 2.57. The molecule has 3 nitrogen and oxygen atoms in total. The molecule has 0 unspecified atom stereocenters. The Morgan fingerprint density at radius 3 is 2.83 bits per heavy atom. The first-order valence-electron chi connectivity index (χ1n) is 4.17. The number of hydrogen-bond donors (Lipinski definition) is 1. The number of ether oxygens (including phenoxy) is 1. The van der Waals surface area contributed by atoms with Gasteiger partial charge in [-0.25, -0.2) is 0 Å². The molecule has 0 rings (SSSR count). The van der Waals surface area contributed by atoms with Crippen LogP contribution in [0.2, 0.25) is 0 Å². The highest BCUT2D eigenvalue weighted by Crippen LogP contribution is 1.98. The molecule has 0 atom stereocenters. The molecule has 0 radical (unpaired) electrons. The topological polar surface area (TPSA) is 38.3 Å². The molecular formula is C8H17NO2S. The van der Waals surface area contributed by atoms with Crippen molar-refractivity contribution in [3.63, 3.8) is 0 Å². The van der Waals surface area contributed by atoms with Crippen molar-refractivity contribution < 1.29 is 9.53 Å². The molecule has 0 aliphatic heterocycles. The quantitative estimate of drug-likeness (QED) is 0.607. The zero-order valence-electron chi connectivity index (χ0n) is 7.76. The molecule has 0 saturated carbocycles. The van der Waals surface area contributed by atoms with Gasteiger partial charge in [-0.2, -0.15) is 0 Å². The standard InChI is InChI=1S/C8H17NO2S/c1-3-4-11-5-6-12-7-8(10)9-2/h3-7H2,1-2H3,(H,9,10). The maximum absolute atomic E-state index is 10.7. The Balaban J connectivity index is 2.95. The average Bonchev–Trinajstić information content (AvgIpc) is 2.10. The van der Waals surface area contributed by atoms with Crippen LogP contribution < -0.4 is 5.32 Å². The molecule has 0 aliphatic carbocycles. The van der Waals surface area contributed by atoms with E-state index in [1.165, 1.54) is 0 Å².